The predicted octanol–water partition coefficient (Wildman–Crippen LogP) is 3.74. The number of aromatic nitrogens is 2. The van der Waals surface area contributed by atoms with Crippen LogP contribution in [0.15, 0.2) is 71.8 Å². The quantitative estimate of drug-likeness (QED) is 0.456. The number of carbonyl (C=O) groups is 2. The zero-order valence-corrected chi connectivity index (χ0v) is 18.5. The maximum absolute atomic E-state index is 13.5. The number of hydrogen-bond acceptors (Lipinski definition) is 5. The molecule has 2 amide bonds. The number of ether oxygens (including phenoxy) is 1. The van der Waals surface area contributed by atoms with Crippen LogP contribution in [0.2, 0.25) is 0 Å². The van der Waals surface area contributed by atoms with Gasteiger partial charge in [-0.15, -0.1) is 0 Å². The van der Waals surface area contributed by atoms with Crippen LogP contribution in [0, 0.1) is 12.7 Å². The van der Waals surface area contributed by atoms with Crippen molar-refractivity contribution in [3.63, 3.8) is 0 Å². The van der Waals surface area contributed by atoms with Crippen molar-refractivity contribution in [2.75, 3.05) is 17.7 Å². The summed E-state index contributed by atoms with van der Waals surface area (Å²) in [7, 11) is 1.44. The first-order valence-corrected chi connectivity index (χ1v) is 10.4. The van der Waals surface area contributed by atoms with Gasteiger partial charge in [0, 0.05) is 11.3 Å². The second-order valence-corrected chi connectivity index (χ2v) is 7.58. The summed E-state index contributed by atoms with van der Waals surface area (Å²) in [6.45, 7) is 1.62. The number of fused-ring (bicyclic) bond motifs is 1. The molecule has 0 bridgehead atoms. The maximum Gasteiger partial charge on any atom is 0.261 e. The van der Waals surface area contributed by atoms with E-state index in [0.717, 1.165) is 11.6 Å². The Balaban J connectivity index is 1.52. The second kappa shape index (κ2) is 9.53. The number of benzene rings is 3. The zero-order valence-electron chi connectivity index (χ0n) is 18.5. The highest BCUT2D eigenvalue weighted by Crippen LogP contribution is 2.28. The summed E-state index contributed by atoms with van der Waals surface area (Å²) in [6.07, 6.45) is 1.34. The number of methoxy groups -OCH3 is 1. The minimum atomic E-state index is -0.537. The molecule has 3 aromatic carbocycles. The first kappa shape index (κ1) is 22.7. The topological polar surface area (TPSA) is 102 Å². The summed E-state index contributed by atoms with van der Waals surface area (Å²) in [5, 5.41) is 5.79. The van der Waals surface area contributed by atoms with E-state index in [2.05, 4.69) is 15.6 Å². The number of anilines is 2. The van der Waals surface area contributed by atoms with E-state index in [9.17, 15) is 18.8 Å². The Morgan fingerprint density at radius 1 is 1.06 bits per heavy atom. The van der Waals surface area contributed by atoms with Crippen LogP contribution in [0.5, 0.6) is 5.75 Å². The van der Waals surface area contributed by atoms with E-state index in [1.54, 1.807) is 24.3 Å². The molecule has 8 nitrogen and oxygen atoms in total. The fourth-order valence-corrected chi connectivity index (χ4v) is 3.51. The molecule has 0 saturated carbocycles. The lowest BCUT2D eigenvalue weighted by Gasteiger charge is -2.13. The molecule has 2 N–H and O–H groups in total. The summed E-state index contributed by atoms with van der Waals surface area (Å²) in [4.78, 5) is 42.2. The van der Waals surface area contributed by atoms with Crippen LogP contribution in [0.3, 0.4) is 0 Å². The number of para-hydroxylation sites is 1. The van der Waals surface area contributed by atoms with Crippen LogP contribution in [-0.4, -0.2) is 28.5 Å². The summed E-state index contributed by atoms with van der Waals surface area (Å²) in [5.74, 6) is -1.17. The average Bonchev–Trinajstić information content (AvgIpc) is 2.81. The van der Waals surface area contributed by atoms with Gasteiger partial charge in [-0.05, 0) is 55.0 Å². The molecule has 0 radical (unpaired) electrons. The lowest BCUT2D eigenvalue weighted by atomic mass is 10.1. The van der Waals surface area contributed by atoms with Gasteiger partial charge >= 0.3 is 0 Å². The standard InChI is InChI=1S/C25H21FN4O4/c1-15-5-3-8-19-23(15)27-14-30(25(19)33)13-22(31)28-18-9-10-21(34-2)20(12-18)29-24(32)16-6-4-7-17(26)11-16/h3-12,14H,13H2,1-2H3,(H,28,31)(H,29,32). The Morgan fingerprint density at radius 3 is 2.62 bits per heavy atom. The SMILES string of the molecule is COc1ccc(NC(=O)Cn2cnc3c(C)cccc3c2=O)cc1NC(=O)c1cccc(F)c1. The predicted molar refractivity (Wildman–Crippen MR) is 127 cm³/mol. The molecule has 0 spiro atoms. The summed E-state index contributed by atoms with van der Waals surface area (Å²) >= 11 is 0. The fraction of sp³-hybridized carbons (Fsp3) is 0.120. The first-order chi connectivity index (χ1) is 16.4. The Bertz CT molecular complexity index is 1470. The lowest BCUT2D eigenvalue weighted by molar-refractivity contribution is -0.116. The molecule has 4 aromatic rings. The molecule has 0 aliphatic heterocycles. The highest BCUT2D eigenvalue weighted by molar-refractivity contribution is 6.05. The molecule has 172 valence electrons. The van der Waals surface area contributed by atoms with Gasteiger partial charge in [-0.3, -0.25) is 19.0 Å². The minimum absolute atomic E-state index is 0.134. The van der Waals surface area contributed by atoms with Gasteiger partial charge in [-0.1, -0.05) is 18.2 Å². The minimum Gasteiger partial charge on any atom is -0.495 e. The van der Waals surface area contributed by atoms with Crippen molar-refractivity contribution in [2.45, 2.75) is 13.5 Å². The molecule has 0 saturated heterocycles. The van der Waals surface area contributed by atoms with E-state index in [1.165, 1.54) is 42.3 Å². The molecular formula is C25H21FN4O4. The highest BCUT2D eigenvalue weighted by atomic mass is 19.1. The maximum atomic E-state index is 13.5. The third-order valence-electron chi connectivity index (χ3n) is 5.19. The van der Waals surface area contributed by atoms with Gasteiger partial charge in [0.2, 0.25) is 5.91 Å². The normalized spacial score (nSPS) is 10.7. The van der Waals surface area contributed by atoms with Crippen LogP contribution in [0.25, 0.3) is 10.9 Å². The van der Waals surface area contributed by atoms with E-state index in [0.29, 0.717) is 22.3 Å². The molecule has 9 heteroatoms. The van der Waals surface area contributed by atoms with Gasteiger partial charge in [0.05, 0.1) is 30.0 Å². The highest BCUT2D eigenvalue weighted by Gasteiger charge is 2.14. The summed E-state index contributed by atoms with van der Waals surface area (Å²) in [6, 6.07) is 15.2. The Labute approximate surface area is 194 Å². The molecule has 0 aliphatic carbocycles. The van der Waals surface area contributed by atoms with Crippen molar-refractivity contribution in [3.05, 3.63) is 94.3 Å². The zero-order chi connectivity index (χ0) is 24.2. The second-order valence-electron chi connectivity index (χ2n) is 7.58. The van der Waals surface area contributed by atoms with Crippen LogP contribution < -0.4 is 20.9 Å². The summed E-state index contributed by atoms with van der Waals surface area (Å²) < 4.78 is 20.0. The first-order valence-electron chi connectivity index (χ1n) is 10.4. The average molecular weight is 460 g/mol. The molecule has 0 aliphatic rings. The summed E-state index contributed by atoms with van der Waals surface area (Å²) in [5.41, 5.74) is 1.94. The number of aryl methyl sites for hydroxylation is 1. The monoisotopic (exact) mass is 460 g/mol. The number of amides is 2. The smallest absolute Gasteiger partial charge is 0.261 e. The molecular weight excluding hydrogens is 439 g/mol. The van der Waals surface area contributed by atoms with Crippen molar-refractivity contribution in [2.24, 2.45) is 0 Å². The van der Waals surface area contributed by atoms with E-state index in [1.807, 2.05) is 13.0 Å². The number of carbonyl (C=O) groups excluding carboxylic acids is 2. The van der Waals surface area contributed by atoms with E-state index in [4.69, 9.17) is 4.74 Å². The van der Waals surface area contributed by atoms with Crippen molar-refractivity contribution >= 4 is 34.1 Å². The number of hydrogen-bond donors (Lipinski definition) is 2. The van der Waals surface area contributed by atoms with E-state index < -0.39 is 17.6 Å². The van der Waals surface area contributed by atoms with Gasteiger partial charge in [-0.2, -0.15) is 0 Å². The Kier molecular flexibility index (Phi) is 6.35. The molecule has 0 atom stereocenters. The molecule has 34 heavy (non-hydrogen) atoms. The van der Waals surface area contributed by atoms with Gasteiger partial charge in [0.25, 0.3) is 11.5 Å². The molecule has 0 fully saturated rings. The Hall–Kier alpha value is -4.53. The third-order valence-corrected chi connectivity index (χ3v) is 5.19. The number of halogens is 1. The largest absolute Gasteiger partial charge is 0.495 e. The van der Waals surface area contributed by atoms with E-state index in [-0.39, 0.29) is 23.4 Å². The molecule has 1 heterocycles. The molecule has 0 unspecified atom stereocenters. The van der Waals surface area contributed by atoms with Crippen molar-refractivity contribution in [1.82, 2.24) is 9.55 Å². The molecule has 4 rings (SSSR count). The van der Waals surface area contributed by atoms with Crippen molar-refractivity contribution in [3.8, 4) is 5.75 Å². The van der Waals surface area contributed by atoms with Crippen LogP contribution >= 0.6 is 0 Å². The van der Waals surface area contributed by atoms with Gasteiger partial charge in [0.15, 0.2) is 0 Å². The molecule has 1 aromatic heterocycles. The van der Waals surface area contributed by atoms with Crippen LogP contribution in [-0.2, 0) is 11.3 Å². The lowest BCUT2D eigenvalue weighted by Crippen LogP contribution is -2.28. The van der Waals surface area contributed by atoms with E-state index >= 15 is 0 Å². The van der Waals surface area contributed by atoms with Crippen molar-refractivity contribution in [1.29, 1.82) is 0 Å². The number of nitrogens with one attached hydrogen (secondary N) is 2. The van der Waals surface area contributed by atoms with Crippen LogP contribution in [0.1, 0.15) is 15.9 Å². The van der Waals surface area contributed by atoms with Gasteiger partial charge < -0.3 is 15.4 Å². The van der Waals surface area contributed by atoms with Gasteiger partial charge in [-0.25, -0.2) is 9.37 Å². The number of rotatable bonds is 6. The number of nitrogens with zero attached hydrogens (tertiary/aromatic N) is 2. The van der Waals surface area contributed by atoms with Crippen molar-refractivity contribution < 1.29 is 18.7 Å². The Morgan fingerprint density at radius 2 is 1.85 bits per heavy atom. The third kappa shape index (κ3) is 4.78. The fourth-order valence-electron chi connectivity index (χ4n) is 3.51. The van der Waals surface area contributed by atoms with Gasteiger partial charge in [0.1, 0.15) is 18.1 Å². The van der Waals surface area contributed by atoms with Crippen LogP contribution in [0.4, 0.5) is 15.8 Å².